The Kier molecular flexibility index (Phi) is 6.57. The van der Waals surface area contributed by atoms with E-state index in [2.05, 4.69) is 23.9 Å². The van der Waals surface area contributed by atoms with Crippen LogP contribution in [0.25, 0.3) is 0 Å². The van der Waals surface area contributed by atoms with E-state index in [1.165, 1.54) is 12.1 Å². The van der Waals surface area contributed by atoms with E-state index in [4.69, 9.17) is 0 Å². The summed E-state index contributed by atoms with van der Waals surface area (Å²) >= 11 is 1.02. The Hall–Kier alpha value is -2.02. The molecule has 1 aromatic carbocycles. The number of aromatic nitrogens is 2. The van der Waals surface area contributed by atoms with Gasteiger partial charge in [-0.2, -0.15) is 16.8 Å². The van der Waals surface area contributed by atoms with Crippen molar-refractivity contribution < 1.29 is 21.0 Å². The molecule has 0 aliphatic heterocycles. The van der Waals surface area contributed by atoms with Crippen molar-refractivity contribution in [3.8, 4) is 0 Å². The molecule has 27 heavy (non-hydrogen) atoms. The minimum atomic E-state index is -4.35. The van der Waals surface area contributed by atoms with Crippen molar-refractivity contribution in [2.24, 2.45) is 4.40 Å². The SMILES string of the molecule is COS(=O)(=O)c1ccccc1S(=O)(=O)N=C(Nc1nc(C)cc(C)n1)SC. The Morgan fingerprint density at radius 3 is 2.15 bits per heavy atom. The number of sulfonamides is 1. The topological polar surface area (TPSA) is 128 Å². The predicted molar refractivity (Wildman–Crippen MR) is 104 cm³/mol. The van der Waals surface area contributed by atoms with E-state index < -0.39 is 29.9 Å². The van der Waals surface area contributed by atoms with Crippen LogP contribution in [0.15, 0.2) is 44.5 Å². The number of hydrogen-bond acceptors (Lipinski definition) is 8. The van der Waals surface area contributed by atoms with Crippen LogP contribution < -0.4 is 5.32 Å². The summed E-state index contributed by atoms with van der Waals surface area (Å²) in [6.07, 6.45) is 1.61. The van der Waals surface area contributed by atoms with Crippen LogP contribution in [0.5, 0.6) is 0 Å². The van der Waals surface area contributed by atoms with Crippen LogP contribution in [0.2, 0.25) is 0 Å². The maximum absolute atomic E-state index is 12.7. The van der Waals surface area contributed by atoms with Gasteiger partial charge in [0.05, 0.1) is 7.11 Å². The molecule has 12 heteroatoms. The van der Waals surface area contributed by atoms with Gasteiger partial charge in [-0.25, -0.2) is 9.97 Å². The predicted octanol–water partition coefficient (Wildman–Crippen LogP) is 1.95. The normalized spacial score (nSPS) is 12.8. The maximum atomic E-state index is 12.7. The molecule has 0 aliphatic carbocycles. The first-order valence-electron chi connectivity index (χ1n) is 7.47. The second kappa shape index (κ2) is 8.33. The highest BCUT2D eigenvalue weighted by molar-refractivity contribution is 8.14. The standard InChI is InChI=1S/C15H18N4O5S3/c1-10-9-11(2)17-14(16-10)18-15(25-4)19-26(20,21)12-7-5-6-8-13(12)27(22,23)24-3/h5-9H,1-4H3,(H,16,17,18,19). The molecule has 146 valence electrons. The van der Waals surface area contributed by atoms with Crippen LogP contribution in [0.4, 0.5) is 5.95 Å². The summed E-state index contributed by atoms with van der Waals surface area (Å²) in [5.74, 6) is 0.189. The number of nitrogens with one attached hydrogen (secondary N) is 1. The summed E-state index contributed by atoms with van der Waals surface area (Å²) in [7, 11) is -7.62. The highest BCUT2D eigenvalue weighted by Crippen LogP contribution is 2.24. The van der Waals surface area contributed by atoms with Crippen molar-refractivity contribution >= 4 is 43.0 Å². The molecule has 0 aliphatic rings. The number of aryl methyl sites for hydroxylation is 2. The van der Waals surface area contributed by atoms with Crippen molar-refractivity contribution in [1.82, 2.24) is 9.97 Å². The van der Waals surface area contributed by atoms with Crippen LogP contribution in [0.3, 0.4) is 0 Å². The third-order valence-corrected chi connectivity index (χ3v) is 6.71. The van der Waals surface area contributed by atoms with E-state index in [0.717, 1.165) is 31.0 Å². The van der Waals surface area contributed by atoms with Gasteiger partial charge >= 0.3 is 0 Å². The van der Waals surface area contributed by atoms with Crippen LogP contribution in [-0.2, 0) is 24.3 Å². The second-order valence-corrected chi connectivity index (χ2v) is 9.29. The first-order valence-corrected chi connectivity index (χ1v) is 11.5. The van der Waals surface area contributed by atoms with Gasteiger partial charge in [-0.1, -0.05) is 23.9 Å². The quantitative estimate of drug-likeness (QED) is 0.430. The molecule has 0 atom stereocenters. The summed E-state index contributed by atoms with van der Waals surface area (Å²) in [5.41, 5.74) is 1.40. The maximum Gasteiger partial charge on any atom is 0.298 e. The lowest BCUT2D eigenvalue weighted by Gasteiger charge is -2.10. The Morgan fingerprint density at radius 2 is 1.63 bits per heavy atom. The molecule has 0 amide bonds. The first kappa shape index (κ1) is 21.3. The van der Waals surface area contributed by atoms with Gasteiger partial charge in [0.2, 0.25) is 5.95 Å². The van der Waals surface area contributed by atoms with E-state index >= 15 is 0 Å². The number of thioether (sulfide) groups is 1. The number of nitrogens with zero attached hydrogens (tertiary/aromatic N) is 3. The average molecular weight is 431 g/mol. The van der Waals surface area contributed by atoms with Gasteiger partial charge < -0.3 is 5.32 Å². The highest BCUT2D eigenvalue weighted by atomic mass is 32.2. The fraction of sp³-hybridized carbons (Fsp3) is 0.267. The van der Waals surface area contributed by atoms with Gasteiger partial charge in [-0.15, -0.1) is 4.40 Å². The Bertz CT molecular complexity index is 1060. The molecule has 0 saturated heterocycles. The highest BCUT2D eigenvalue weighted by Gasteiger charge is 2.26. The van der Waals surface area contributed by atoms with Crippen LogP contribution in [-0.4, -0.2) is 45.3 Å². The number of hydrogen-bond donors (Lipinski definition) is 1. The molecule has 0 radical (unpaired) electrons. The molecule has 0 bridgehead atoms. The average Bonchev–Trinajstić information content (AvgIpc) is 2.60. The van der Waals surface area contributed by atoms with Crippen molar-refractivity contribution in [3.05, 3.63) is 41.7 Å². The largest absolute Gasteiger partial charge is 0.303 e. The molecule has 9 nitrogen and oxygen atoms in total. The zero-order chi connectivity index (χ0) is 20.2. The van der Waals surface area contributed by atoms with Gasteiger partial charge in [0.25, 0.3) is 20.1 Å². The summed E-state index contributed by atoms with van der Waals surface area (Å²) in [6, 6.07) is 6.85. The lowest BCUT2D eigenvalue weighted by molar-refractivity contribution is 0.396. The first-order chi connectivity index (χ1) is 12.6. The Morgan fingerprint density at radius 1 is 1.07 bits per heavy atom. The summed E-state index contributed by atoms with van der Waals surface area (Å²) < 4.78 is 57.6. The van der Waals surface area contributed by atoms with Crippen LogP contribution >= 0.6 is 11.8 Å². The number of amidine groups is 1. The number of benzene rings is 1. The van der Waals surface area contributed by atoms with Gasteiger partial charge in [0.1, 0.15) is 9.79 Å². The molecule has 1 heterocycles. The van der Waals surface area contributed by atoms with Crippen LogP contribution in [0, 0.1) is 13.8 Å². The van der Waals surface area contributed by atoms with Gasteiger partial charge in [0, 0.05) is 11.4 Å². The molecule has 0 saturated carbocycles. The smallest absolute Gasteiger partial charge is 0.298 e. The van der Waals surface area contributed by atoms with Gasteiger partial charge in [-0.3, -0.25) is 4.18 Å². The minimum absolute atomic E-state index is 0.00961. The fourth-order valence-corrected chi connectivity index (χ4v) is 5.19. The van der Waals surface area contributed by atoms with E-state index in [1.807, 2.05) is 0 Å². The van der Waals surface area contributed by atoms with Crippen molar-refractivity contribution in [3.63, 3.8) is 0 Å². The Balaban J connectivity index is 2.49. The van der Waals surface area contributed by atoms with E-state index in [0.29, 0.717) is 11.4 Å². The number of rotatable bonds is 5. The van der Waals surface area contributed by atoms with Crippen molar-refractivity contribution in [2.75, 3.05) is 18.7 Å². The van der Waals surface area contributed by atoms with Crippen LogP contribution in [0.1, 0.15) is 11.4 Å². The molecule has 1 N–H and O–H groups in total. The lowest BCUT2D eigenvalue weighted by atomic mass is 10.4. The summed E-state index contributed by atoms with van der Waals surface area (Å²) in [4.78, 5) is 7.36. The zero-order valence-corrected chi connectivity index (χ0v) is 17.4. The Labute approximate surface area is 162 Å². The van der Waals surface area contributed by atoms with Gasteiger partial charge in [0.15, 0.2) is 5.17 Å². The molecular weight excluding hydrogens is 412 g/mol. The summed E-state index contributed by atoms with van der Waals surface area (Å²) in [6.45, 7) is 3.55. The third-order valence-electron chi connectivity index (χ3n) is 3.21. The minimum Gasteiger partial charge on any atom is -0.303 e. The molecule has 0 unspecified atom stereocenters. The summed E-state index contributed by atoms with van der Waals surface area (Å²) in [5, 5.41) is 2.73. The molecule has 0 fully saturated rings. The third kappa shape index (κ3) is 5.25. The van der Waals surface area contributed by atoms with Crippen molar-refractivity contribution in [1.29, 1.82) is 0 Å². The zero-order valence-electron chi connectivity index (χ0n) is 15.0. The molecule has 1 aromatic heterocycles. The monoisotopic (exact) mass is 430 g/mol. The molecule has 2 aromatic rings. The second-order valence-electron chi connectivity index (χ2n) is 5.24. The molecule has 2 rings (SSSR count). The van der Waals surface area contributed by atoms with E-state index in [1.54, 1.807) is 26.2 Å². The van der Waals surface area contributed by atoms with E-state index in [9.17, 15) is 16.8 Å². The number of anilines is 1. The lowest BCUT2D eigenvalue weighted by Crippen LogP contribution is -2.15. The van der Waals surface area contributed by atoms with Crippen molar-refractivity contribution in [2.45, 2.75) is 23.6 Å². The van der Waals surface area contributed by atoms with Gasteiger partial charge in [-0.05, 0) is 38.3 Å². The van der Waals surface area contributed by atoms with E-state index in [-0.39, 0.29) is 11.1 Å². The fourth-order valence-electron chi connectivity index (χ4n) is 2.11. The molecule has 0 spiro atoms. The molecular formula is C15H18N4O5S3.